The Labute approximate surface area is 66.9 Å². The molecule has 0 aromatic carbocycles. The molecule has 4 nitrogen and oxygen atoms in total. The molecule has 0 saturated carbocycles. The molecule has 4 N–H and O–H groups in total. The largest absolute Gasteiger partial charge is 0.396 e. The Bertz CT molecular complexity index is 93.7. The first-order chi connectivity index (χ1) is 5.18. The van der Waals surface area contributed by atoms with E-state index in [1.54, 1.807) is 6.92 Å². The topological polar surface area (TPSA) is 72.7 Å². The van der Waals surface area contributed by atoms with Gasteiger partial charge in [0.15, 0.2) is 0 Å². The molecule has 0 spiro atoms. The molecule has 0 aliphatic heterocycles. The predicted octanol–water partition coefficient (Wildman–Crippen LogP) is -1.30. The predicted molar refractivity (Wildman–Crippen MR) is 42.3 cm³/mol. The van der Waals surface area contributed by atoms with Crippen molar-refractivity contribution in [3.63, 3.8) is 0 Å². The van der Waals surface area contributed by atoms with E-state index in [4.69, 9.17) is 15.3 Å². The fourth-order valence-corrected chi connectivity index (χ4v) is 0.631. The molecule has 0 amide bonds. The van der Waals surface area contributed by atoms with Gasteiger partial charge in [-0.1, -0.05) is 0 Å². The Morgan fingerprint density at radius 1 is 1.18 bits per heavy atom. The molecule has 0 aliphatic rings. The summed E-state index contributed by atoms with van der Waals surface area (Å²) in [5.41, 5.74) is -0.616. The molecule has 0 aromatic heterocycles. The van der Waals surface area contributed by atoms with Crippen LogP contribution in [0.4, 0.5) is 0 Å². The van der Waals surface area contributed by atoms with Crippen LogP contribution in [0.3, 0.4) is 0 Å². The molecule has 0 bridgehead atoms. The highest BCUT2D eigenvalue weighted by Gasteiger charge is 2.20. The number of aliphatic hydroxyl groups is 3. The monoisotopic (exact) mass is 163 g/mol. The summed E-state index contributed by atoms with van der Waals surface area (Å²) in [6.45, 7) is 2.25. The van der Waals surface area contributed by atoms with Gasteiger partial charge >= 0.3 is 0 Å². The summed E-state index contributed by atoms with van der Waals surface area (Å²) in [6.07, 6.45) is 0.635. The van der Waals surface area contributed by atoms with Crippen molar-refractivity contribution in [2.45, 2.75) is 18.9 Å². The third-order valence-electron chi connectivity index (χ3n) is 1.58. The smallest absolute Gasteiger partial charge is 0.0633 e. The van der Waals surface area contributed by atoms with Crippen LogP contribution in [0.5, 0.6) is 0 Å². The van der Waals surface area contributed by atoms with Crippen LogP contribution in [0.2, 0.25) is 0 Å². The van der Waals surface area contributed by atoms with Gasteiger partial charge in [0.25, 0.3) is 0 Å². The van der Waals surface area contributed by atoms with Crippen molar-refractivity contribution in [1.82, 2.24) is 5.32 Å². The van der Waals surface area contributed by atoms with Crippen molar-refractivity contribution < 1.29 is 15.3 Å². The van der Waals surface area contributed by atoms with Gasteiger partial charge in [-0.3, -0.25) is 0 Å². The standard InChI is InChI=1S/C7H17NO3/c1-7(5-10,6-11)8-3-2-4-9/h8-11H,2-6H2,1H3. The average Bonchev–Trinajstić information content (AvgIpc) is 2.05. The summed E-state index contributed by atoms with van der Waals surface area (Å²) in [5.74, 6) is 0. The van der Waals surface area contributed by atoms with Gasteiger partial charge in [0.2, 0.25) is 0 Å². The molecule has 0 heterocycles. The van der Waals surface area contributed by atoms with Gasteiger partial charge in [-0.2, -0.15) is 0 Å². The summed E-state index contributed by atoms with van der Waals surface area (Å²) < 4.78 is 0. The van der Waals surface area contributed by atoms with E-state index in [-0.39, 0.29) is 19.8 Å². The van der Waals surface area contributed by atoms with E-state index in [1.807, 2.05) is 0 Å². The molecule has 11 heavy (non-hydrogen) atoms. The Kier molecular flexibility index (Phi) is 5.41. The second-order valence-electron chi connectivity index (χ2n) is 2.88. The Hall–Kier alpha value is -0.160. The lowest BCUT2D eigenvalue weighted by Crippen LogP contribution is -2.49. The summed E-state index contributed by atoms with van der Waals surface area (Å²) in [4.78, 5) is 0. The van der Waals surface area contributed by atoms with Crippen LogP contribution >= 0.6 is 0 Å². The van der Waals surface area contributed by atoms with Gasteiger partial charge in [-0.05, 0) is 19.9 Å². The highest BCUT2D eigenvalue weighted by atomic mass is 16.3. The van der Waals surface area contributed by atoms with E-state index in [0.717, 1.165) is 0 Å². The first-order valence-corrected chi connectivity index (χ1v) is 3.76. The molecular formula is C7H17NO3. The van der Waals surface area contributed by atoms with Crippen molar-refractivity contribution in [3.8, 4) is 0 Å². The summed E-state index contributed by atoms with van der Waals surface area (Å²) >= 11 is 0. The summed E-state index contributed by atoms with van der Waals surface area (Å²) in [7, 11) is 0. The maximum Gasteiger partial charge on any atom is 0.0633 e. The molecule has 0 fully saturated rings. The van der Waals surface area contributed by atoms with Crippen molar-refractivity contribution >= 4 is 0 Å². The molecule has 0 saturated heterocycles. The molecule has 68 valence electrons. The second-order valence-corrected chi connectivity index (χ2v) is 2.88. The molecule has 0 aromatic rings. The molecule has 0 atom stereocenters. The minimum absolute atomic E-state index is 0.102. The lowest BCUT2D eigenvalue weighted by Gasteiger charge is -2.25. The lowest BCUT2D eigenvalue weighted by atomic mass is 10.1. The first-order valence-electron chi connectivity index (χ1n) is 3.76. The average molecular weight is 163 g/mol. The van der Waals surface area contributed by atoms with Crippen LogP contribution in [0.25, 0.3) is 0 Å². The third-order valence-corrected chi connectivity index (χ3v) is 1.58. The number of nitrogens with one attached hydrogen (secondary N) is 1. The minimum Gasteiger partial charge on any atom is -0.396 e. The summed E-state index contributed by atoms with van der Waals surface area (Å²) in [5, 5.41) is 29.0. The van der Waals surface area contributed by atoms with Crippen LogP contribution in [0.1, 0.15) is 13.3 Å². The van der Waals surface area contributed by atoms with Gasteiger partial charge in [0, 0.05) is 6.61 Å². The maximum absolute atomic E-state index is 8.80. The Morgan fingerprint density at radius 2 is 1.73 bits per heavy atom. The highest BCUT2D eigenvalue weighted by molar-refractivity contribution is 4.80. The lowest BCUT2D eigenvalue weighted by molar-refractivity contribution is 0.103. The molecule has 0 unspecified atom stereocenters. The van der Waals surface area contributed by atoms with Gasteiger partial charge < -0.3 is 20.6 Å². The third kappa shape index (κ3) is 4.31. The second kappa shape index (κ2) is 5.49. The van der Waals surface area contributed by atoms with Crippen LogP contribution in [0, 0.1) is 0 Å². The molecule has 0 aliphatic carbocycles. The van der Waals surface area contributed by atoms with Gasteiger partial charge in [-0.15, -0.1) is 0 Å². The van der Waals surface area contributed by atoms with Crippen LogP contribution < -0.4 is 5.32 Å². The normalized spacial score (nSPS) is 12.0. The number of hydrogen-bond donors (Lipinski definition) is 4. The SMILES string of the molecule is CC(CO)(CO)NCCCO. The van der Waals surface area contributed by atoms with Crippen LogP contribution in [-0.4, -0.2) is 47.2 Å². The highest BCUT2D eigenvalue weighted by Crippen LogP contribution is 1.99. The zero-order valence-corrected chi connectivity index (χ0v) is 6.88. The summed E-state index contributed by atoms with van der Waals surface area (Å²) in [6, 6.07) is 0. The fourth-order valence-electron chi connectivity index (χ4n) is 0.631. The van der Waals surface area contributed by atoms with Gasteiger partial charge in [-0.25, -0.2) is 0 Å². The van der Waals surface area contributed by atoms with Crippen molar-refractivity contribution in [2.24, 2.45) is 0 Å². The number of rotatable bonds is 6. The maximum atomic E-state index is 8.80. The Balaban J connectivity index is 3.51. The van der Waals surface area contributed by atoms with Crippen molar-refractivity contribution in [1.29, 1.82) is 0 Å². The van der Waals surface area contributed by atoms with E-state index in [0.29, 0.717) is 13.0 Å². The zero-order valence-electron chi connectivity index (χ0n) is 6.88. The van der Waals surface area contributed by atoms with Crippen LogP contribution in [-0.2, 0) is 0 Å². The number of aliphatic hydroxyl groups excluding tert-OH is 3. The quantitative estimate of drug-likeness (QED) is 0.367. The fraction of sp³-hybridized carbons (Fsp3) is 1.00. The van der Waals surface area contributed by atoms with E-state index in [2.05, 4.69) is 5.32 Å². The van der Waals surface area contributed by atoms with E-state index >= 15 is 0 Å². The Morgan fingerprint density at radius 3 is 2.09 bits per heavy atom. The minimum atomic E-state index is -0.616. The van der Waals surface area contributed by atoms with E-state index in [9.17, 15) is 0 Å². The van der Waals surface area contributed by atoms with Gasteiger partial charge in [0.1, 0.15) is 0 Å². The first kappa shape index (κ1) is 10.8. The molecule has 0 rings (SSSR count). The van der Waals surface area contributed by atoms with E-state index in [1.165, 1.54) is 0 Å². The zero-order chi connectivity index (χ0) is 8.74. The van der Waals surface area contributed by atoms with Crippen molar-refractivity contribution in [2.75, 3.05) is 26.4 Å². The molecule has 0 radical (unpaired) electrons. The number of hydrogen-bond acceptors (Lipinski definition) is 4. The van der Waals surface area contributed by atoms with E-state index < -0.39 is 5.54 Å². The van der Waals surface area contributed by atoms with Crippen molar-refractivity contribution in [3.05, 3.63) is 0 Å². The molecule has 4 heteroatoms. The molecular weight excluding hydrogens is 146 g/mol. The van der Waals surface area contributed by atoms with Gasteiger partial charge in [0.05, 0.1) is 18.8 Å². The van der Waals surface area contributed by atoms with Crippen LogP contribution in [0.15, 0.2) is 0 Å².